The third kappa shape index (κ3) is 4.09. The maximum atomic E-state index is 11.1. The normalized spacial score (nSPS) is 10.7. The minimum atomic E-state index is -1.10. The van der Waals surface area contributed by atoms with Crippen molar-refractivity contribution >= 4 is 23.3 Å². The molecule has 6 heteroatoms. The number of aromatic carboxylic acids is 1. The van der Waals surface area contributed by atoms with E-state index in [1.807, 2.05) is 19.0 Å². The zero-order valence-corrected chi connectivity index (χ0v) is 11.2. The first-order valence-electron chi connectivity index (χ1n) is 5.51. The summed E-state index contributed by atoms with van der Waals surface area (Å²) in [4.78, 5) is 13.1. The van der Waals surface area contributed by atoms with Gasteiger partial charge in [-0.3, -0.25) is 0 Å². The van der Waals surface area contributed by atoms with E-state index in [2.05, 4.69) is 0 Å². The van der Waals surface area contributed by atoms with E-state index in [4.69, 9.17) is 27.2 Å². The number of ether oxygens (including phenoxy) is 1. The SMILES string of the molecule is CN(C)CCCOc1c(Cl)cc(N)cc1C(=O)O. The summed E-state index contributed by atoms with van der Waals surface area (Å²) in [6, 6.07) is 2.82. The Bertz CT molecular complexity index is 436. The van der Waals surface area contributed by atoms with Gasteiger partial charge in [0, 0.05) is 12.2 Å². The average molecular weight is 273 g/mol. The number of carboxylic acids is 1. The van der Waals surface area contributed by atoms with Crippen molar-refractivity contribution in [1.29, 1.82) is 0 Å². The van der Waals surface area contributed by atoms with Crippen molar-refractivity contribution in [2.75, 3.05) is 33.0 Å². The van der Waals surface area contributed by atoms with Crippen molar-refractivity contribution in [3.05, 3.63) is 22.7 Å². The van der Waals surface area contributed by atoms with Crippen LogP contribution in [0.4, 0.5) is 5.69 Å². The zero-order chi connectivity index (χ0) is 13.7. The summed E-state index contributed by atoms with van der Waals surface area (Å²) in [5.41, 5.74) is 5.85. The van der Waals surface area contributed by atoms with E-state index in [-0.39, 0.29) is 16.3 Å². The number of hydrogen-bond donors (Lipinski definition) is 2. The molecule has 0 heterocycles. The van der Waals surface area contributed by atoms with Gasteiger partial charge in [0.05, 0.1) is 11.6 Å². The summed E-state index contributed by atoms with van der Waals surface area (Å²) >= 11 is 5.94. The number of rotatable bonds is 6. The fourth-order valence-electron chi connectivity index (χ4n) is 1.47. The third-order valence-corrected chi connectivity index (χ3v) is 2.57. The molecule has 0 aromatic heterocycles. The molecule has 0 aliphatic carbocycles. The fraction of sp³-hybridized carbons (Fsp3) is 0.417. The molecule has 0 saturated heterocycles. The quantitative estimate of drug-likeness (QED) is 0.611. The van der Waals surface area contributed by atoms with Crippen molar-refractivity contribution in [3.63, 3.8) is 0 Å². The van der Waals surface area contributed by atoms with E-state index < -0.39 is 5.97 Å². The Hall–Kier alpha value is -1.46. The Kier molecular flexibility index (Phi) is 5.25. The summed E-state index contributed by atoms with van der Waals surface area (Å²) in [5.74, 6) is -0.927. The van der Waals surface area contributed by atoms with Crippen LogP contribution >= 0.6 is 11.6 Å². The summed E-state index contributed by atoms with van der Waals surface area (Å²) in [7, 11) is 3.91. The molecule has 0 fully saturated rings. The van der Waals surface area contributed by atoms with Crippen LogP contribution in [0.1, 0.15) is 16.8 Å². The number of hydrogen-bond acceptors (Lipinski definition) is 4. The predicted molar refractivity (Wildman–Crippen MR) is 71.5 cm³/mol. The number of nitrogen functional groups attached to an aromatic ring is 1. The Balaban J connectivity index is 2.77. The molecule has 0 unspecified atom stereocenters. The topological polar surface area (TPSA) is 75.8 Å². The molecule has 1 rings (SSSR count). The molecular formula is C12H17ClN2O3. The second kappa shape index (κ2) is 6.47. The van der Waals surface area contributed by atoms with Crippen LogP contribution in [0.2, 0.25) is 5.02 Å². The minimum absolute atomic E-state index is 0.00940. The fourth-order valence-corrected chi connectivity index (χ4v) is 1.76. The largest absolute Gasteiger partial charge is 0.491 e. The van der Waals surface area contributed by atoms with Gasteiger partial charge in [-0.15, -0.1) is 0 Å². The van der Waals surface area contributed by atoms with Gasteiger partial charge in [0.2, 0.25) is 0 Å². The van der Waals surface area contributed by atoms with E-state index in [0.717, 1.165) is 13.0 Å². The molecule has 1 aromatic carbocycles. The van der Waals surface area contributed by atoms with Crippen LogP contribution in [0.5, 0.6) is 5.75 Å². The summed E-state index contributed by atoms with van der Waals surface area (Å²) in [6.45, 7) is 1.26. The molecule has 5 nitrogen and oxygen atoms in total. The van der Waals surface area contributed by atoms with E-state index in [1.54, 1.807) is 0 Å². The molecule has 0 bridgehead atoms. The minimum Gasteiger partial charge on any atom is -0.491 e. The van der Waals surface area contributed by atoms with Crippen LogP contribution in [-0.4, -0.2) is 43.2 Å². The maximum Gasteiger partial charge on any atom is 0.339 e. The molecule has 0 amide bonds. The molecule has 1 aromatic rings. The van der Waals surface area contributed by atoms with Crippen LogP contribution in [0.15, 0.2) is 12.1 Å². The van der Waals surface area contributed by atoms with Crippen molar-refractivity contribution in [2.24, 2.45) is 0 Å². The highest BCUT2D eigenvalue weighted by atomic mass is 35.5. The number of benzene rings is 1. The van der Waals surface area contributed by atoms with Crippen LogP contribution < -0.4 is 10.5 Å². The Morgan fingerprint density at radius 3 is 2.72 bits per heavy atom. The monoisotopic (exact) mass is 272 g/mol. The van der Waals surface area contributed by atoms with Gasteiger partial charge in [-0.25, -0.2) is 4.79 Å². The first kappa shape index (κ1) is 14.6. The van der Waals surface area contributed by atoms with Crippen molar-refractivity contribution in [3.8, 4) is 5.75 Å². The lowest BCUT2D eigenvalue weighted by atomic mass is 10.2. The molecule has 0 aliphatic heterocycles. The van der Waals surface area contributed by atoms with Gasteiger partial charge in [0.25, 0.3) is 0 Å². The van der Waals surface area contributed by atoms with Gasteiger partial charge >= 0.3 is 5.97 Å². The standard InChI is InChI=1S/C12H17ClN2O3/c1-15(2)4-3-5-18-11-9(12(16)17)6-8(14)7-10(11)13/h6-7H,3-5,14H2,1-2H3,(H,16,17). The lowest BCUT2D eigenvalue weighted by molar-refractivity contribution is 0.0692. The van der Waals surface area contributed by atoms with Gasteiger partial charge in [0.1, 0.15) is 5.56 Å². The van der Waals surface area contributed by atoms with Crippen LogP contribution in [0.3, 0.4) is 0 Å². The second-order valence-electron chi connectivity index (χ2n) is 4.19. The first-order chi connectivity index (χ1) is 8.41. The highest BCUT2D eigenvalue weighted by Crippen LogP contribution is 2.31. The van der Waals surface area contributed by atoms with Gasteiger partial charge < -0.3 is 20.5 Å². The maximum absolute atomic E-state index is 11.1. The summed E-state index contributed by atoms with van der Waals surface area (Å²) in [6.07, 6.45) is 0.784. The number of anilines is 1. The molecule has 100 valence electrons. The zero-order valence-electron chi connectivity index (χ0n) is 10.4. The van der Waals surface area contributed by atoms with Gasteiger partial charge in [0.15, 0.2) is 5.75 Å². The smallest absolute Gasteiger partial charge is 0.339 e. The summed E-state index contributed by atoms with van der Waals surface area (Å²) < 4.78 is 5.44. The highest BCUT2D eigenvalue weighted by Gasteiger charge is 2.16. The van der Waals surface area contributed by atoms with E-state index in [9.17, 15) is 4.79 Å². The van der Waals surface area contributed by atoms with Crippen LogP contribution in [-0.2, 0) is 0 Å². The Morgan fingerprint density at radius 2 is 2.17 bits per heavy atom. The van der Waals surface area contributed by atoms with Gasteiger partial charge in [-0.1, -0.05) is 11.6 Å². The average Bonchev–Trinajstić information content (AvgIpc) is 2.25. The number of halogens is 1. The summed E-state index contributed by atoms with van der Waals surface area (Å²) in [5, 5.41) is 9.28. The molecule has 0 saturated carbocycles. The van der Waals surface area contributed by atoms with Crippen molar-refractivity contribution < 1.29 is 14.6 Å². The lowest BCUT2D eigenvalue weighted by Crippen LogP contribution is -2.16. The lowest BCUT2D eigenvalue weighted by Gasteiger charge is -2.13. The third-order valence-electron chi connectivity index (χ3n) is 2.29. The Morgan fingerprint density at radius 1 is 1.50 bits per heavy atom. The number of carboxylic acid groups (broad SMARTS) is 1. The molecule has 0 radical (unpaired) electrons. The first-order valence-corrected chi connectivity index (χ1v) is 5.89. The van der Waals surface area contributed by atoms with Crippen LogP contribution in [0, 0.1) is 0 Å². The van der Waals surface area contributed by atoms with E-state index in [0.29, 0.717) is 12.3 Å². The predicted octanol–water partition coefficient (Wildman–Crippen LogP) is 1.95. The van der Waals surface area contributed by atoms with E-state index >= 15 is 0 Å². The molecule has 18 heavy (non-hydrogen) atoms. The number of nitrogens with zero attached hydrogens (tertiary/aromatic N) is 1. The molecule has 3 N–H and O–H groups in total. The molecule has 0 aliphatic rings. The number of carbonyl (C=O) groups is 1. The van der Waals surface area contributed by atoms with Crippen LogP contribution in [0.25, 0.3) is 0 Å². The Labute approximate surface area is 111 Å². The van der Waals surface area contributed by atoms with Crippen molar-refractivity contribution in [2.45, 2.75) is 6.42 Å². The molecular weight excluding hydrogens is 256 g/mol. The van der Waals surface area contributed by atoms with E-state index in [1.165, 1.54) is 12.1 Å². The van der Waals surface area contributed by atoms with Gasteiger partial charge in [-0.05, 0) is 32.6 Å². The van der Waals surface area contributed by atoms with Crippen molar-refractivity contribution in [1.82, 2.24) is 4.90 Å². The van der Waals surface area contributed by atoms with Gasteiger partial charge in [-0.2, -0.15) is 0 Å². The highest BCUT2D eigenvalue weighted by molar-refractivity contribution is 6.33. The molecule has 0 atom stereocenters. The number of nitrogens with two attached hydrogens (primary N) is 1. The second-order valence-corrected chi connectivity index (χ2v) is 4.60. The molecule has 0 spiro atoms.